The van der Waals surface area contributed by atoms with E-state index in [9.17, 15) is 0 Å². The quantitative estimate of drug-likeness (QED) is 0.619. The molecule has 0 aliphatic heterocycles. The summed E-state index contributed by atoms with van der Waals surface area (Å²) in [5, 5.41) is 0. The third kappa shape index (κ3) is 2.43. The van der Waals surface area contributed by atoms with Crippen LogP contribution in [0, 0.1) is 11.8 Å². The third-order valence-electron chi connectivity index (χ3n) is 4.68. The van der Waals surface area contributed by atoms with E-state index in [2.05, 4.69) is 79.5 Å². The molecule has 1 atom stereocenters. The molecule has 0 heterocycles. The van der Waals surface area contributed by atoms with E-state index in [4.69, 9.17) is 0 Å². The Morgan fingerprint density at radius 1 is 1.04 bits per heavy atom. The average molecular weight is 296 g/mol. The van der Waals surface area contributed by atoms with E-state index >= 15 is 0 Å². The zero-order chi connectivity index (χ0) is 15.6. The Hall–Kier alpha value is -2.52. The van der Waals surface area contributed by atoms with Gasteiger partial charge in [-0.2, -0.15) is 0 Å². The zero-order valence-corrected chi connectivity index (χ0v) is 13.5. The third-order valence-corrected chi connectivity index (χ3v) is 4.68. The van der Waals surface area contributed by atoms with Crippen LogP contribution in [0.1, 0.15) is 42.4 Å². The van der Waals surface area contributed by atoms with Crippen molar-refractivity contribution in [1.82, 2.24) is 0 Å². The highest BCUT2D eigenvalue weighted by atomic mass is 14.3. The van der Waals surface area contributed by atoms with Crippen molar-refractivity contribution in [2.24, 2.45) is 0 Å². The summed E-state index contributed by atoms with van der Waals surface area (Å²) in [6, 6.07) is 15.7. The Morgan fingerprint density at radius 3 is 2.78 bits per heavy atom. The van der Waals surface area contributed by atoms with Crippen molar-refractivity contribution in [1.29, 1.82) is 0 Å². The fourth-order valence-electron chi connectivity index (χ4n) is 3.63. The molecule has 0 aromatic heterocycles. The second kappa shape index (κ2) is 5.94. The van der Waals surface area contributed by atoms with Gasteiger partial charge in [0.2, 0.25) is 0 Å². The van der Waals surface area contributed by atoms with Crippen molar-refractivity contribution in [2.75, 3.05) is 0 Å². The normalized spacial score (nSPS) is 21.3. The van der Waals surface area contributed by atoms with Gasteiger partial charge in [-0.25, -0.2) is 0 Å². The van der Waals surface area contributed by atoms with Crippen LogP contribution >= 0.6 is 0 Å². The number of aryl methyl sites for hydroxylation is 1. The number of rotatable bonds is 2. The molecular weight excluding hydrogens is 276 g/mol. The summed E-state index contributed by atoms with van der Waals surface area (Å²) in [6.45, 7) is 2.24. The van der Waals surface area contributed by atoms with Crippen LogP contribution in [0.2, 0.25) is 0 Å². The first-order chi connectivity index (χ1) is 11.4. The van der Waals surface area contributed by atoms with E-state index in [1.807, 2.05) is 0 Å². The van der Waals surface area contributed by atoms with E-state index in [1.54, 1.807) is 0 Å². The first-order valence-corrected chi connectivity index (χ1v) is 8.46. The van der Waals surface area contributed by atoms with Crippen LogP contribution in [0.3, 0.4) is 0 Å². The number of hydrogen-bond acceptors (Lipinski definition) is 0. The van der Waals surface area contributed by atoms with E-state index in [0.717, 1.165) is 12.8 Å². The molecule has 0 N–H and O–H groups in total. The minimum Gasteiger partial charge on any atom is -0.0981 e. The molecule has 2 aromatic rings. The molecule has 0 saturated carbocycles. The Morgan fingerprint density at radius 2 is 1.91 bits per heavy atom. The Kier molecular flexibility index (Phi) is 3.64. The topological polar surface area (TPSA) is 0 Å². The summed E-state index contributed by atoms with van der Waals surface area (Å²) in [7, 11) is 0. The van der Waals surface area contributed by atoms with E-state index in [1.165, 1.54) is 39.8 Å². The van der Waals surface area contributed by atoms with Gasteiger partial charge in [0.1, 0.15) is 0 Å². The number of hydrogen-bond donors (Lipinski definition) is 0. The highest BCUT2D eigenvalue weighted by Gasteiger charge is 2.27. The van der Waals surface area contributed by atoms with Crippen LogP contribution in [0.15, 0.2) is 60.7 Å². The molecule has 23 heavy (non-hydrogen) atoms. The summed E-state index contributed by atoms with van der Waals surface area (Å²) in [4.78, 5) is 0. The van der Waals surface area contributed by atoms with Crippen molar-refractivity contribution in [2.45, 2.75) is 32.1 Å². The fraction of sp³-hybridized carbons (Fsp3) is 0.217. The molecule has 0 nitrogen and oxygen atoms in total. The number of benzene rings is 2. The van der Waals surface area contributed by atoms with E-state index in [-0.39, 0.29) is 5.92 Å². The largest absolute Gasteiger partial charge is 0.0981 e. The van der Waals surface area contributed by atoms with Crippen LogP contribution in [0.5, 0.6) is 0 Å². The molecule has 0 amide bonds. The van der Waals surface area contributed by atoms with Crippen LogP contribution in [-0.2, 0) is 6.42 Å². The van der Waals surface area contributed by atoms with Crippen molar-refractivity contribution in [3.05, 3.63) is 77.4 Å². The van der Waals surface area contributed by atoms with Crippen molar-refractivity contribution in [3.8, 4) is 23.0 Å². The second-order valence-corrected chi connectivity index (χ2v) is 6.23. The molecule has 0 heteroatoms. The average Bonchev–Trinajstić information content (AvgIpc) is 2.55. The van der Waals surface area contributed by atoms with Crippen molar-refractivity contribution >= 4 is 5.57 Å². The minimum absolute atomic E-state index is 0.196. The summed E-state index contributed by atoms with van der Waals surface area (Å²) in [6.07, 6.45) is 9.71. The predicted molar refractivity (Wildman–Crippen MR) is 98.1 cm³/mol. The van der Waals surface area contributed by atoms with Gasteiger partial charge < -0.3 is 0 Å². The van der Waals surface area contributed by atoms with Gasteiger partial charge in [0.15, 0.2) is 0 Å². The first-order valence-electron chi connectivity index (χ1n) is 8.46. The molecule has 112 valence electrons. The molecule has 2 aromatic carbocycles. The SMILES string of the molecule is CCCc1ccc2c(c1)C1C#CC/C=C\C=C/1c1ccccc1-2. The lowest BCUT2D eigenvalue weighted by Crippen LogP contribution is -2.10. The van der Waals surface area contributed by atoms with Crippen LogP contribution in [0.25, 0.3) is 16.7 Å². The monoisotopic (exact) mass is 296 g/mol. The maximum Gasteiger partial charge on any atom is 0.0714 e. The summed E-state index contributed by atoms with van der Waals surface area (Å²) in [5.74, 6) is 7.05. The Balaban J connectivity index is 1.99. The Labute approximate surface area is 138 Å². The molecule has 2 aliphatic rings. The molecule has 0 radical (unpaired) electrons. The van der Waals surface area contributed by atoms with E-state index in [0.29, 0.717) is 0 Å². The number of allylic oxidation sites excluding steroid dienone is 4. The smallest absolute Gasteiger partial charge is 0.0714 e. The van der Waals surface area contributed by atoms with Gasteiger partial charge >= 0.3 is 0 Å². The minimum atomic E-state index is 0.196. The van der Waals surface area contributed by atoms with Gasteiger partial charge in [0, 0.05) is 6.42 Å². The molecule has 4 rings (SSSR count). The standard InChI is InChI=1S/C23H20/c1-2-9-17-14-15-22-20-13-8-7-12-18(20)19-10-5-3-4-6-11-21(19)23(22)16-17/h3,5,7-8,10,12-16,21H,2,4,9H2,1H3/b5-3-,19-10-. The zero-order valence-electron chi connectivity index (χ0n) is 13.5. The lowest BCUT2D eigenvalue weighted by Gasteiger charge is -2.28. The fourth-order valence-corrected chi connectivity index (χ4v) is 3.63. The van der Waals surface area contributed by atoms with Gasteiger partial charge in [-0.05, 0) is 39.8 Å². The predicted octanol–water partition coefficient (Wildman–Crippen LogP) is 5.75. The van der Waals surface area contributed by atoms with Gasteiger partial charge in [-0.15, -0.1) is 0 Å². The molecule has 1 unspecified atom stereocenters. The molecule has 2 aliphatic carbocycles. The van der Waals surface area contributed by atoms with Gasteiger partial charge in [0.05, 0.1) is 5.92 Å². The van der Waals surface area contributed by atoms with E-state index < -0.39 is 0 Å². The second-order valence-electron chi connectivity index (χ2n) is 6.23. The molecule has 0 saturated heterocycles. The lowest BCUT2D eigenvalue weighted by molar-refractivity contribution is 0.917. The maximum absolute atomic E-state index is 3.52. The van der Waals surface area contributed by atoms with Gasteiger partial charge in [-0.3, -0.25) is 0 Å². The number of fused-ring (bicyclic) bond motifs is 6. The highest BCUT2D eigenvalue weighted by Crippen LogP contribution is 2.46. The molecule has 0 spiro atoms. The molecule has 0 bridgehead atoms. The van der Waals surface area contributed by atoms with Gasteiger partial charge in [-0.1, -0.05) is 85.9 Å². The van der Waals surface area contributed by atoms with Crippen LogP contribution in [-0.4, -0.2) is 0 Å². The van der Waals surface area contributed by atoms with Crippen molar-refractivity contribution in [3.63, 3.8) is 0 Å². The summed E-state index contributed by atoms with van der Waals surface area (Å²) >= 11 is 0. The maximum atomic E-state index is 3.52. The first kappa shape index (κ1) is 14.1. The van der Waals surface area contributed by atoms with Gasteiger partial charge in [0.25, 0.3) is 0 Å². The molecule has 0 fully saturated rings. The van der Waals surface area contributed by atoms with Crippen molar-refractivity contribution < 1.29 is 0 Å². The summed E-state index contributed by atoms with van der Waals surface area (Å²) < 4.78 is 0. The molecular formula is C23H20. The Bertz CT molecular complexity index is 868. The highest BCUT2D eigenvalue weighted by molar-refractivity contribution is 5.93. The lowest BCUT2D eigenvalue weighted by atomic mass is 9.74. The van der Waals surface area contributed by atoms with Crippen LogP contribution < -0.4 is 0 Å². The summed E-state index contributed by atoms with van der Waals surface area (Å²) in [5.41, 5.74) is 8.15. The van der Waals surface area contributed by atoms with Crippen LogP contribution in [0.4, 0.5) is 0 Å².